The van der Waals surface area contributed by atoms with Crippen molar-refractivity contribution in [1.29, 1.82) is 0 Å². The Labute approximate surface area is 194 Å². The molecule has 2 aromatic heterocycles. The Hall–Kier alpha value is -3.06. The minimum Gasteiger partial charge on any atom is -0.465 e. The van der Waals surface area contributed by atoms with Crippen LogP contribution in [-0.2, 0) is 5.60 Å². The summed E-state index contributed by atoms with van der Waals surface area (Å²) in [6.45, 7) is 0.628. The van der Waals surface area contributed by atoms with Gasteiger partial charge in [-0.2, -0.15) is 4.98 Å². The number of anilines is 1. The maximum Gasteiger partial charge on any atom is 0.573 e. The van der Waals surface area contributed by atoms with E-state index in [0.29, 0.717) is 49.3 Å². The van der Waals surface area contributed by atoms with E-state index in [0.717, 1.165) is 0 Å². The number of aliphatic hydroxyl groups is 1. The second-order valence-corrected chi connectivity index (χ2v) is 9.77. The lowest BCUT2D eigenvalue weighted by molar-refractivity contribution is -0.274. The van der Waals surface area contributed by atoms with Gasteiger partial charge >= 0.3 is 12.5 Å². The molecule has 3 aromatic rings. The van der Waals surface area contributed by atoms with Gasteiger partial charge in [0.25, 0.3) is 6.01 Å². The van der Waals surface area contributed by atoms with Crippen LogP contribution in [-0.4, -0.2) is 62.7 Å². The van der Waals surface area contributed by atoms with Crippen molar-refractivity contribution in [3.8, 4) is 16.3 Å². The van der Waals surface area contributed by atoms with Crippen LogP contribution in [0.2, 0.25) is 0 Å². The molecule has 0 radical (unpaired) electrons. The molecular weight excluding hydrogens is 477 g/mol. The van der Waals surface area contributed by atoms with Gasteiger partial charge in [-0.25, -0.2) is 9.78 Å². The van der Waals surface area contributed by atoms with Crippen LogP contribution >= 0.6 is 11.3 Å². The van der Waals surface area contributed by atoms with E-state index < -0.39 is 23.8 Å². The van der Waals surface area contributed by atoms with Gasteiger partial charge in [0.15, 0.2) is 16.8 Å². The molecule has 1 aromatic carbocycles. The number of ether oxygens (including phenoxy) is 1. The zero-order valence-electron chi connectivity index (χ0n) is 17.6. The fourth-order valence-corrected chi connectivity index (χ4v) is 5.67. The molecule has 2 unspecified atom stereocenters. The smallest absolute Gasteiger partial charge is 0.465 e. The molecule has 1 saturated carbocycles. The molecular formula is C21H19F3N4O5S. The summed E-state index contributed by atoms with van der Waals surface area (Å²) in [6.07, 6.45) is -2.43. The number of thiazole rings is 1. The van der Waals surface area contributed by atoms with Crippen molar-refractivity contribution in [2.24, 2.45) is 0 Å². The summed E-state index contributed by atoms with van der Waals surface area (Å²) in [5.41, 5.74) is -1.10. The third-order valence-corrected chi connectivity index (χ3v) is 7.49. The second-order valence-electron chi connectivity index (χ2n) is 8.87. The first-order valence-corrected chi connectivity index (χ1v) is 11.6. The Morgan fingerprint density at radius 3 is 2.53 bits per heavy atom. The molecule has 3 fully saturated rings. The number of benzene rings is 1. The highest BCUT2D eigenvalue weighted by molar-refractivity contribution is 7.13. The van der Waals surface area contributed by atoms with Crippen molar-refractivity contribution in [3.63, 3.8) is 0 Å². The lowest BCUT2D eigenvalue weighted by atomic mass is 10.0. The molecule has 1 aliphatic carbocycles. The van der Waals surface area contributed by atoms with E-state index in [1.807, 2.05) is 0 Å². The Balaban J connectivity index is 1.50. The van der Waals surface area contributed by atoms with E-state index >= 15 is 0 Å². The maximum absolute atomic E-state index is 13.4. The van der Waals surface area contributed by atoms with Gasteiger partial charge in [-0.3, -0.25) is 4.90 Å². The standard InChI is InChI=1S/C21H19F3N4O5S/c22-21(23,24)33-16-13(20(31)3-4-20)7-12(17-25-5-6-34-17)15-14(16)26-18(32-15)27-8-10-1-2-11(9-27)28(10)19(29)30/h5-7,10-11,31H,1-4,8-9H2,(H,29,30). The van der Waals surface area contributed by atoms with Crippen LogP contribution in [0, 0.1) is 0 Å². The van der Waals surface area contributed by atoms with Crippen molar-refractivity contribution in [2.75, 3.05) is 18.0 Å². The Bertz CT molecular complexity index is 1260. The van der Waals surface area contributed by atoms with Gasteiger partial charge in [0, 0.05) is 30.2 Å². The first-order valence-electron chi connectivity index (χ1n) is 10.8. The lowest BCUT2D eigenvalue weighted by Gasteiger charge is -2.38. The Morgan fingerprint density at radius 2 is 1.97 bits per heavy atom. The minimum atomic E-state index is -5.00. The zero-order valence-corrected chi connectivity index (χ0v) is 18.4. The number of alkyl halides is 3. The molecule has 3 aliphatic rings. The molecule has 13 heteroatoms. The molecule has 2 bridgehead atoms. The molecule has 6 rings (SSSR count). The summed E-state index contributed by atoms with van der Waals surface area (Å²) in [5, 5.41) is 22.5. The first-order chi connectivity index (χ1) is 16.1. The summed E-state index contributed by atoms with van der Waals surface area (Å²) in [4.78, 5) is 23.5. The summed E-state index contributed by atoms with van der Waals surface area (Å²) in [5.74, 6) is -0.579. The normalized spacial score (nSPS) is 23.5. The van der Waals surface area contributed by atoms with Crippen molar-refractivity contribution in [3.05, 3.63) is 23.2 Å². The number of carboxylic acid groups (broad SMARTS) is 1. The highest BCUT2D eigenvalue weighted by Gasteiger charge is 2.48. The van der Waals surface area contributed by atoms with E-state index in [-0.39, 0.29) is 34.8 Å². The summed E-state index contributed by atoms with van der Waals surface area (Å²) in [6, 6.07) is 1.02. The fraction of sp³-hybridized carbons (Fsp3) is 0.476. The predicted octanol–water partition coefficient (Wildman–Crippen LogP) is 4.16. The SMILES string of the molecule is O=C(O)N1C2CCC1CN(c1nc3c(OC(F)(F)F)c(C4(O)CC4)cc(-c4nccs4)c3o1)C2. The third-order valence-electron chi connectivity index (χ3n) is 6.69. The third kappa shape index (κ3) is 3.45. The number of piperazine rings is 1. The van der Waals surface area contributed by atoms with Crippen molar-refractivity contribution >= 4 is 34.5 Å². The second kappa shape index (κ2) is 7.22. The largest absolute Gasteiger partial charge is 0.573 e. The maximum atomic E-state index is 13.4. The van der Waals surface area contributed by atoms with Crippen LogP contribution < -0.4 is 9.64 Å². The molecule has 34 heavy (non-hydrogen) atoms. The summed E-state index contributed by atoms with van der Waals surface area (Å²) >= 11 is 1.28. The Kier molecular flexibility index (Phi) is 4.56. The minimum absolute atomic E-state index is 0.00172. The quantitative estimate of drug-likeness (QED) is 0.554. The molecule has 1 amide bonds. The van der Waals surface area contributed by atoms with Crippen LogP contribution in [0.5, 0.6) is 5.75 Å². The number of rotatable bonds is 4. The van der Waals surface area contributed by atoms with Gasteiger partial charge in [-0.05, 0) is 31.7 Å². The van der Waals surface area contributed by atoms with Crippen LogP contribution in [0.1, 0.15) is 31.2 Å². The van der Waals surface area contributed by atoms with E-state index in [1.165, 1.54) is 22.3 Å². The number of aromatic nitrogens is 2. The average Bonchev–Trinajstić information content (AvgIpc) is 3.15. The van der Waals surface area contributed by atoms with Gasteiger partial charge in [0.1, 0.15) is 5.01 Å². The predicted molar refractivity (Wildman–Crippen MR) is 114 cm³/mol. The average molecular weight is 496 g/mol. The van der Waals surface area contributed by atoms with E-state index in [1.54, 1.807) is 16.5 Å². The molecule has 2 atom stereocenters. The summed E-state index contributed by atoms with van der Waals surface area (Å²) in [7, 11) is 0. The zero-order chi connectivity index (χ0) is 23.8. The number of hydrogen-bond acceptors (Lipinski definition) is 8. The van der Waals surface area contributed by atoms with Gasteiger partial charge in [-0.15, -0.1) is 24.5 Å². The molecule has 9 nitrogen and oxygen atoms in total. The molecule has 180 valence electrons. The molecule has 0 spiro atoms. The number of halogens is 3. The highest BCUT2D eigenvalue weighted by atomic mass is 32.1. The van der Waals surface area contributed by atoms with Gasteiger partial charge in [0.2, 0.25) is 0 Å². The van der Waals surface area contributed by atoms with Crippen LogP contribution in [0.15, 0.2) is 22.1 Å². The first kappa shape index (κ1) is 21.5. The monoisotopic (exact) mass is 496 g/mol. The fourth-order valence-electron chi connectivity index (χ4n) is 5.02. The van der Waals surface area contributed by atoms with Gasteiger partial charge in [-0.1, -0.05) is 0 Å². The van der Waals surface area contributed by atoms with Crippen molar-refractivity contribution in [1.82, 2.24) is 14.9 Å². The van der Waals surface area contributed by atoms with E-state index in [9.17, 15) is 28.2 Å². The van der Waals surface area contributed by atoms with Gasteiger partial charge < -0.3 is 24.3 Å². The van der Waals surface area contributed by atoms with E-state index in [2.05, 4.69) is 14.7 Å². The Morgan fingerprint density at radius 1 is 1.26 bits per heavy atom. The highest BCUT2D eigenvalue weighted by Crippen LogP contribution is 2.53. The molecule has 2 aliphatic heterocycles. The molecule has 2 N–H and O–H groups in total. The number of oxazole rings is 1. The molecule has 4 heterocycles. The number of nitrogens with zero attached hydrogens (tertiary/aromatic N) is 4. The van der Waals surface area contributed by atoms with Crippen LogP contribution in [0.3, 0.4) is 0 Å². The van der Waals surface area contributed by atoms with Gasteiger partial charge in [0.05, 0.1) is 23.2 Å². The molecule has 2 saturated heterocycles. The summed E-state index contributed by atoms with van der Waals surface area (Å²) < 4.78 is 50.5. The van der Waals surface area contributed by atoms with Crippen molar-refractivity contribution < 1.29 is 37.3 Å². The number of amides is 1. The van der Waals surface area contributed by atoms with Crippen molar-refractivity contribution in [2.45, 2.75) is 49.7 Å². The lowest BCUT2D eigenvalue weighted by Crippen LogP contribution is -2.55. The van der Waals surface area contributed by atoms with E-state index in [4.69, 9.17) is 4.42 Å². The van der Waals surface area contributed by atoms with Crippen LogP contribution in [0.4, 0.5) is 24.0 Å². The number of hydrogen-bond donors (Lipinski definition) is 2. The van der Waals surface area contributed by atoms with Crippen LogP contribution in [0.25, 0.3) is 21.7 Å². The number of fused-ring (bicyclic) bond motifs is 3. The topological polar surface area (TPSA) is 112 Å². The number of carbonyl (C=O) groups is 1.